The maximum absolute atomic E-state index is 13.4. The van der Waals surface area contributed by atoms with Gasteiger partial charge in [-0.05, 0) is 38.8 Å². The number of nitrogens with zero attached hydrogens (tertiary/aromatic N) is 2. The predicted molar refractivity (Wildman–Crippen MR) is 136 cm³/mol. The predicted octanol–water partition coefficient (Wildman–Crippen LogP) is 1.09. The molecule has 1 fully saturated rings. The van der Waals surface area contributed by atoms with E-state index in [0.29, 0.717) is 18.7 Å². The number of aryl methyl sites for hydroxylation is 1. The second kappa shape index (κ2) is 13.0. The van der Waals surface area contributed by atoms with Crippen molar-refractivity contribution in [2.75, 3.05) is 18.5 Å². The number of esters is 1. The standard InChI is InChI=1S/C26H29N5O7/c1-4-7-21(31-13-6-8-19(26(31)36)29-24(34)20-14-16(3)38-30-20)25(35)28-18(9-10-22(32)37-5-2)15-17-11-12-27-23(17)33/h1,6,8-10,13-14,17-18,21H,5,7,11-12,15H2,2-3H3,(H,27,33)(H,28,35)(H,29,34)/b10-9+/t17-,18-,21+/m1/s1. The maximum Gasteiger partial charge on any atom is 0.330 e. The highest BCUT2D eigenvalue weighted by atomic mass is 16.5. The number of anilines is 1. The van der Waals surface area contributed by atoms with E-state index in [9.17, 15) is 24.0 Å². The van der Waals surface area contributed by atoms with Crippen molar-refractivity contribution in [2.24, 2.45) is 5.92 Å². The molecule has 0 spiro atoms. The molecule has 3 rings (SSSR count). The highest BCUT2D eigenvalue weighted by molar-refractivity contribution is 6.02. The molecule has 0 saturated carbocycles. The molecule has 12 heteroatoms. The van der Waals surface area contributed by atoms with Crippen LogP contribution in [0.15, 0.2) is 45.9 Å². The van der Waals surface area contributed by atoms with E-state index in [4.69, 9.17) is 15.7 Å². The van der Waals surface area contributed by atoms with Crippen LogP contribution in [0.4, 0.5) is 5.69 Å². The summed E-state index contributed by atoms with van der Waals surface area (Å²) in [5, 5.41) is 11.6. The van der Waals surface area contributed by atoms with Crippen LogP contribution in [0.2, 0.25) is 0 Å². The van der Waals surface area contributed by atoms with Gasteiger partial charge in [0, 0.05) is 43.3 Å². The van der Waals surface area contributed by atoms with Crippen LogP contribution in [0, 0.1) is 25.2 Å². The minimum Gasteiger partial charge on any atom is -0.463 e. The number of nitrogens with one attached hydrogen (secondary N) is 3. The van der Waals surface area contributed by atoms with Gasteiger partial charge in [-0.15, -0.1) is 12.3 Å². The molecule has 0 unspecified atom stereocenters. The van der Waals surface area contributed by atoms with Crippen molar-refractivity contribution in [3.8, 4) is 12.3 Å². The van der Waals surface area contributed by atoms with E-state index >= 15 is 0 Å². The zero-order valence-corrected chi connectivity index (χ0v) is 21.1. The lowest BCUT2D eigenvalue weighted by Crippen LogP contribution is -2.43. The Bertz CT molecular complexity index is 1320. The number of pyridine rings is 1. The average molecular weight is 524 g/mol. The number of ether oxygens (including phenoxy) is 1. The van der Waals surface area contributed by atoms with E-state index < -0.39 is 35.4 Å². The third-order valence-electron chi connectivity index (χ3n) is 5.81. The highest BCUT2D eigenvalue weighted by Gasteiger charge is 2.29. The first-order chi connectivity index (χ1) is 18.2. The summed E-state index contributed by atoms with van der Waals surface area (Å²) in [7, 11) is 0. The normalized spacial score (nSPS) is 16.3. The number of hydrogen-bond donors (Lipinski definition) is 3. The van der Waals surface area contributed by atoms with Crippen LogP contribution in [0.25, 0.3) is 0 Å². The number of rotatable bonds is 11. The maximum atomic E-state index is 13.4. The van der Waals surface area contributed by atoms with Gasteiger partial charge in [-0.1, -0.05) is 11.2 Å². The fourth-order valence-corrected chi connectivity index (χ4v) is 3.97. The largest absolute Gasteiger partial charge is 0.463 e. The molecule has 1 aliphatic heterocycles. The van der Waals surface area contributed by atoms with Gasteiger partial charge in [-0.2, -0.15) is 0 Å². The van der Waals surface area contributed by atoms with Crippen LogP contribution in [0.5, 0.6) is 0 Å². The summed E-state index contributed by atoms with van der Waals surface area (Å²) in [5.74, 6) is 0.466. The number of hydrogen-bond acceptors (Lipinski definition) is 8. The van der Waals surface area contributed by atoms with Crippen LogP contribution in [0.3, 0.4) is 0 Å². The van der Waals surface area contributed by atoms with Crippen LogP contribution >= 0.6 is 0 Å². The number of carbonyl (C=O) groups is 4. The SMILES string of the molecule is C#CC[C@@H](C(=O)N[C@H](/C=C/C(=O)OCC)C[C@H]1CCNC1=O)n1cccc(NC(=O)c2cc(C)on2)c1=O. The smallest absolute Gasteiger partial charge is 0.330 e. The molecule has 2 aromatic heterocycles. The van der Waals surface area contributed by atoms with Gasteiger partial charge in [0.15, 0.2) is 5.69 Å². The van der Waals surface area contributed by atoms with E-state index in [1.165, 1.54) is 36.5 Å². The number of terminal acetylenes is 1. The zero-order chi connectivity index (χ0) is 27.7. The first-order valence-electron chi connectivity index (χ1n) is 12.1. The topological polar surface area (TPSA) is 162 Å². The Balaban J connectivity index is 1.83. The molecule has 0 aliphatic carbocycles. The first-order valence-corrected chi connectivity index (χ1v) is 12.1. The van der Waals surface area contributed by atoms with E-state index in [1.807, 2.05) is 0 Å². The Hall–Kier alpha value is -4.66. The monoisotopic (exact) mass is 523 g/mol. The van der Waals surface area contributed by atoms with Crippen molar-refractivity contribution in [1.29, 1.82) is 0 Å². The molecule has 3 amide bonds. The van der Waals surface area contributed by atoms with Gasteiger partial charge in [0.05, 0.1) is 6.61 Å². The summed E-state index contributed by atoms with van der Waals surface area (Å²) >= 11 is 0. The second-order valence-corrected chi connectivity index (χ2v) is 8.57. The molecule has 200 valence electrons. The summed E-state index contributed by atoms with van der Waals surface area (Å²) in [6, 6.07) is 2.45. The summed E-state index contributed by atoms with van der Waals surface area (Å²) in [5.41, 5.74) is -0.762. The Labute approximate surface area is 218 Å². The van der Waals surface area contributed by atoms with Crippen LogP contribution < -0.4 is 21.5 Å². The van der Waals surface area contributed by atoms with Gasteiger partial charge in [0.1, 0.15) is 17.5 Å². The van der Waals surface area contributed by atoms with Gasteiger partial charge >= 0.3 is 5.97 Å². The molecule has 12 nitrogen and oxygen atoms in total. The molecule has 0 bridgehead atoms. The van der Waals surface area contributed by atoms with Crippen molar-refractivity contribution >= 4 is 29.4 Å². The lowest BCUT2D eigenvalue weighted by Gasteiger charge is -2.23. The second-order valence-electron chi connectivity index (χ2n) is 8.57. The molecular formula is C26H29N5O7. The first kappa shape index (κ1) is 27.9. The fourth-order valence-electron chi connectivity index (χ4n) is 3.97. The third kappa shape index (κ3) is 7.19. The van der Waals surface area contributed by atoms with Crippen LogP contribution in [0.1, 0.15) is 48.5 Å². The Kier molecular flexibility index (Phi) is 9.59. The van der Waals surface area contributed by atoms with Crippen molar-refractivity contribution < 1.29 is 28.4 Å². The van der Waals surface area contributed by atoms with E-state index in [1.54, 1.807) is 13.8 Å². The minimum atomic E-state index is -1.13. The highest BCUT2D eigenvalue weighted by Crippen LogP contribution is 2.19. The van der Waals surface area contributed by atoms with Crippen LogP contribution in [-0.2, 0) is 19.1 Å². The molecule has 3 atom stereocenters. The fraction of sp³-hybridized carbons (Fsp3) is 0.385. The molecule has 1 aliphatic rings. The van der Waals surface area contributed by atoms with Gasteiger partial charge in [-0.3, -0.25) is 19.2 Å². The van der Waals surface area contributed by atoms with Gasteiger partial charge in [-0.25, -0.2) is 4.79 Å². The lowest BCUT2D eigenvalue weighted by molar-refractivity contribution is -0.137. The van der Waals surface area contributed by atoms with Gasteiger partial charge in [0.25, 0.3) is 11.5 Å². The summed E-state index contributed by atoms with van der Waals surface area (Å²) in [6.07, 6.45) is 10.2. The molecule has 1 saturated heterocycles. The third-order valence-corrected chi connectivity index (χ3v) is 5.81. The molecular weight excluding hydrogens is 494 g/mol. The molecule has 0 aromatic carbocycles. The number of carbonyl (C=O) groups excluding carboxylic acids is 4. The summed E-state index contributed by atoms with van der Waals surface area (Å²) in [4.78, 5) is 63.0. The quantitative estimate of drug-likeness (QED) is 0.224. The zero-order valence-electron chi connectivity index (χ0n) is 21.1. The molecule has 0 radical (unpaired) electrons. The Morgan fingerprint density at radius 2 is 2.18 bits per heavy atom. The van der Waals surface area contributed by atoms with Crippen molar-refractivity contribution in [3.63, 3.8) is 0 Å². The molecule has 2 aromatic rings. The molecule has 38 heavy (non-hydrogen) atoms. The Morgan fingerprint density at radius 3 is 2.82 bits per heavy atom. The van der Waals surface area contributed by atoms with Crippen LogP contribution in [-0.4, -0.2) is 52.6 Å². The summed E-state index contributed by atoms with van der Waals surface area (Å²) < 4.78 is 10.9. The average Bonchev–Trinajstić information content (AvgIpc) is 3.50. The summed E-state index contributed by atoms with van der Waals surface area (Å²) in [6.45, 7) is 3.99. The van der Waals surface area contributed by atoms with E-state index in [-0.39, 0.29) is 42.7 Å². The number of aromatic nitrogens is 2. The minimum absolute atomic E-state index is 0.0117. The number of amides is 3. The van der Waals surface area contributed by atoms with Crippen molar-refractivity contribution in [3.05, 3.63) is 58.4 Å². The van der Waals surface area contributed by atoms with E-state index in [2.05, 4.69) is 27.0 Å². The van der Waals surface area contributed by atoms with Gasteiger partial charge in [0.2, 0.25) is 11.8 Å². The lowest BCUT2D eigenvalue weighted by atomic mass is 9.97. The van der Waals surface area contributed by atoms with Crippen molar-refractivity contribution in [2.45, 2.75) is 45.2 Å². The van der Waals surface area contributed by atoms with Crippen molar-refractivity contribution in [1.82, 2.24) is 20.4 Å². The van der Waals surface area contributed by atoms with Gasteiger partial charge < -0.3 is 29.8 Å². The van der Waals surface area contributed by atoms with E-state index in [0.717, 1.165) is 4.57 Å². The molecule has 3 N–H and O–H groups in total. The Morgan fingerprint density at radius 1 is 1.39 bits per heavy atom. The molecule has 3 heterocycles.